The van der Waals surface area contributed by atoms with Crippen molar-refractivity contribution in [2.45, 2.75) is 72.1 Å². The number of nitrogens with one attached hydrogen (secondary N) is 3. The maximum absolute atomic E-state index is 11.9. The third-order valence-corrected chi connectivity index (χ3v) is 4.10. The Hall–Kier alpha value is -1.56. The predicted octanol–water partition coefficient (Wildman–Crippen LogP) is 3.67. The summed E-state index contributed by atoms with van der Waals surface area (Å²) in [6, 6.07) is 0.526. The molecule has 2 atom stereocenters. The minimum absolute atomic E-state index is 0.470. The van der Waals surface area contributed by atoms with Crippen LogP contribution in [0.5, 0.6) is 0 Å². The molecule has 1 heterocycles. The Labute approximate surface area is 138 Å². The highest BCUT2D eigenvalue weighted by Gasteiger charge is 2.24. The molecule has 1 saturated carbocycles. The van der Waals surface area contributed by atoms with Gasteiger partial charge in [-0.25, -0.2) is 4.79 Å². The number of nitrogens with zero attached hydrogens (tertiary/aromatic N) is 1. The summed E-state index contributed by atoms with van der Waals surface area (Å²) in [6.07, 6.45) is 5.00. The number of rotatable bonds is 4. The second-order valence-corrected chi connectivity index (χ2v) is 7.89. The van der Waals surface area contributed by atoms with Gasteiger partial charge in [0.25, 0.3) is 0 Å². The van der Waals surface area contributed by atoms with Gasteiger partial charge in [0.05, 0.1) is 6.20 Å². The van der Waals surface area contributed by atoms with Gasteiger partial charge in [-0.1, -0.05) is 13.8 Å². The Bertz CT molecular complexity index is 511. The van der Waals surface area contributed by atoms with Gasteiger partial charge in [-0.05, 0) is 51.9 Å². The first-order valence-corrected chi connectivity index (χ1v) is 8.48. The summed E-state index contributed by atoms with van der Waals surface area (Å²) in [6.45, 7) is 10.8. The number of aromatic nitrogens is 2. The van der Waals surface area contributed by atoms with Crippen molar-refractivity contribution in [2.24, 2.45) is 11.8 Å². The van der Waals surface area contributed by atoms with Crippen LogP contribution in [0.15, 0.2) is 6.20 Å². The minimum atomic E-state index is -0.517. The normalized spacial score (nSPS) is 25.2. The van der Waals surface area contributed by atoms with E-state index in [0.717, 1.165) is 17.4 Å². The molecule has 2 unspecified atom stereocenters. The first-order valence-electron chi connectivity index (χ1n) is 8.48. The topological polar surface area (TPSA) is 79.0 Å². The van der Waals surface area contributed by atoms with Crippen molar-refractivity contribution in [3.63, 3.8) is 0 Å². The van der Waals surface area contributed by atoms with E-state index in [4.69, 9.17) is 4.74 Å². The average Bonchev–Trinajstić information content (AvgIpc) is 2.80. The van der Waals surface area contributed by atoms with E-state index < -0.39 is 11.7 Å². The van der Waals surface area contributed by atoms with Crippen LogP contribution < -0.4 is 10.6 Å². The Morgan fingerprint density at radius 3 is 2.57 bits per heavy atom. The van der Waals surface area contributed by atoms with Gasteiger partial charge in [0.1, 0.15) is 11.4 Å². The SMILES string of the molecule is CC1CC(C)CC(NCc2cn[nH]c2NC(=O)OC(C)(C)C)C1. The highest BCUT2D eigenvalue weighted by atomic mass is 16.6. The van der Waals surface area contributed by atoms with Gasteiger partial charge in [0, 0.05) is 18.2 Å². The Morgan fingerprint density at radius 1 is 1.30 bits per heavy atom. The first-order chi connectivity index (χ1) is 10.7. The molecule has 0 aliphatic heterocycles. The maximum atomic E-state index is 11.9. The van der Waals surface area contributed by atoms with Crippen LogP contribution in [0.2, 0.25) is 0 Å². The molecule has 1 fully saturated rings. The van der Waals surface area contributed by atoms with E-state index in [1.807, 2.05) is 20.8 Å². The van der Waals surface area contributed by atoms with E-state index in [9.17, 15) is 4.79 Å². The molecule has 1 amide bonds. The minimum Gasteiger partial charge on any atom is -0.444 e. The van der Waals surface area contributed by atoms with Crippen molar-refractivity contribution in [3.8, 4) is 0 Å². The average molecular weight is 322 g/mol. The largest absolute Gasteiger partial charge is 0.444 e. The quantitative estimate of drug-likeness (QED) is 0.790. The van der Waals surface area contributed by atoms with Crippen LogP contribution in [0, 0.1) is 11.8 Å². The molecule has 0 bridgehead atoms. The summed E-state index contributed by atoms with van der Waals surface area (Å²) < 4.78 is 5.27. The molecule has 0 radical (unpaired) electrons. The van der Waals surface area contributed by atoms with E-state index in [2.05, 4.69) is 34.7 Å². The van der Waals surface area contributed by atoms with Crippen molar-refractivity contribution in [2.75, 3.05) is 5.32 Å². The molecule has 1 aliphatic carbocycles. The molecule has 1 aromatic rings. The zero-order chi connectivity index (χ0) is 17.0. The van der Waals surface area contributed by atoms with Gasteiger partial charge in [-0.2, -0.15) is 5.10 Å². The summed E-state index contributed by atoms with van der Waals surface area (Å²) in [4.78, 5) is 11.9. The van der Waals surface area contributed by atoms with E-state index in [0.29, 0.717) is 18.4 Å². The number of carbonyl (C=O) groups is 1. The lowest BCUT2D eigenvalue weighted by atomic mass is 9.80. The monoisotopic (exact) mass is 322 g/mol. The fraction of sp³-hybridized carbons (Fsp3) is 0.765. The lowest BCUT2D eigenvalue weighted by molar-refractivity contribution is 0.0635. The molecule has 2 rings (SSSR count). The third kappa shape index (κ3) is 5.86. The van der Waals surface area contributed by atoms with Gasteiger partial charge < -0.3 is 10.1 Å². The van der Waals surface area contributed by atoms with Crippen LogP contribution in [0.1, 0.15) is 59.4 Å². The number of H-pyrrole nitrogens is 1. The highest BCUT2D eigenvalue weighted by Crippen LogP contribution is 2.28. The fourth-order valence-electron chi connectivity index (χ4n) is 3.33. The van der Waals surface area contributed by atoms with Crippen molar-refractivity contribution >= 4 is 11.9 Å². The van der Waals surface area contributed by atoms with Crippen LogP contribution >= 0.6 is 0 Å². The van der Waals surface area contributed by atoms with E-state index >= 15 is 0 Å². The number of hydrogen-bond donors (Lipinski definition) is 3. The molecule has 3 N–H and O–H groups in total. The number of aromatic amines is 1. The molecule has 6 nitrogen and oxygen atoms in total. The zero-order valence-corrected chi connectivity index (χ0v) is 14.9. The predicted molar refractivity (Wildman–Crippen MR) is 91.3 cm³/mol. The first kappa shape index (κ1) is 17.8. The summed E-state index contributed by atoms with van der Waals surface area (Å²) in [5.41, 5.74) is 0.429. The maximum Gasteiger partial charge on any atom is 0.413 e. The van der Waals surface area contributed by atoms with Crippen molar-refractivity contribution < 1.29 is 9.53 Å². The van der Waals surface area contributed by atoms with Crippen LogP contribution in [0.3, 0.4) is 0 Å². The molecule has 1 aromatic heterocycles. The molecule has 130 valence electrons. The Morgan fingerprint density at radius 2 is 1.96 bits per heavy atom. The second-order valence-electron chi connectivity index (χ2n) is 7.89. The summed E-state index contributed by atoms with van der Waals surface area (Å²) in [7, 11) is 0. The standard InChI is InChI=1S/C17H30N4O2/c1-11-6-12(2)8-14(7-11)18-9-13-10-19-21-15(13)20-16(22)23-17(3,4)5/h10-12,14,18H,6-9H2,1-5H3,(H2,19,20,21,22). The summed E-state index contributed by atoms with van der Waals surface area (Å²) >= 11 is 0. The summed E-state index contributed by atoms with van der Waals surface area (Å²) in [5.74, 6) is 2.13. The number of carbonyl (C=O) groups excluding carboxylic acids is 1. The van der Waals surface area contributed by atoms with E-state index in [1.54, 1.807) is 6.20 Å². The van der Waals surface area contributed by atoms with Gasteiger partial charge in [0.2, 0.25) is 0 Å². The second kappa shape index (κ2) is 7.34. The van der Waals surface area contributed by atoms with Gasteiger partial charge in [-0.3, -0.25) is 10.4 Å². The van der Waals surface area contributed by atoms with Crippen molar-refractivity contribution in [1.29, 1.82) is 0 Å². The van der Waals surface area contributed by atoms with Crippen molar-refractivity contribution in [3.05, 3.63) is 11.8 Å². The van der Waals surface area contributed by atoms with Gasteiger partial charge >= 0.3 is 6.09 Å². The van der Waals surface area contributed by atoms with Crippen LogP contribution in [-0.2, 0) is 11.3 Å². The number of anilines is 1. The Kier molecular flexibility index (Phi) is 5.68. The third-order valence-electron chi connectivity index (χ3n) is 4.10. The highest BCUT2D eigenvalue weighted by molar-refractivity contribution is 5.84. The molecule has 23 heavy (non-hydrogen) atoms. The van der Waals surface area contributed by atoms with Crippen LogP contribution in [0.25, 0.3) is 0 Å². The molecular formula is C17H30N4O2. The van der Waals surface area contributed by atoms with Crippen LogP contribution in [0.4, 0.5) is 10.6 Å². The Balaban J connectivity index is 1.87. The summed E-state index contributed by atoms with van der Waals surface area (Å²) in [5, 5.41) is 13.2. The van der Waals surface area contributed by atoms with Crippen molar-refractivity contribution in [1.82, 2.24) is 15.5 Å². The molecule has 0 aromatic carbocycles. The molecule has 1 aliphatic rings. The number of hydrogen-bond acceptors (Lipinski definition) is 4. The number of ether oxygens (including phenoxy) is 1. The molecule has 6 heteroatoms. The molecular weight excluding hydrogens is 292 g/mol. The van der Waals surface area contributed by atoms with Gasteiger partial charge in [-0.15, -0.1) is 0 Å². The van der Waals surface area contributed by atoms with Crippen LogP contribution in [-0.4, -0.2) is 27.9 Å². The molecule has 0 spiro atoms. The smallest absolute Gasteiger partial charge is 0.413 e. The van der Waals surface area contributed by atoms with Gasteiger partial charge in [0.15, 0.2) is 0 Å². The molecule has 0 saturated heterocycles. The fourth-order valence-corrected chi connectivity index (χ4v) is 3.33. The van der Waals surface area contributed by atoms with E-state index in [-0.39, 0.29) is 0 Å². The number of amides is 1. The lowest BCUT2D eigenvalue weighted by Gasteiger charge is -2.32. The van der Waals surface area contributed by atoms with E-state index in [1.165, 1.54) is 19.3 Å². The zero-order valence-electron chi connectivity index (χ0n) is 14.9. The lowest BCUT2D eigenvalue weighted by Crippen LogP contribution is -2.36.